The number of esters is 1. The van der Waals surface area contributed by atoms with Gasteiger partial charge in [0.25, 0.3) is 0 Å². The van der Waals surface area contributed by atoms with Gasteiger partial charge in [0, 0.05) is 0 Å². The summed E-state index contributed by atoms with van der Waals surface area (Å²) in [6.07, 6.45) is 4.06. The summed E-state index contributed by atoms with van der Waals surface area (Å²) in [7, 11) is 4.57. The van der Waals surface area contributed by atoms with Gasteiger partial charge in [0.2, 0.25) is 5.75 Å². The molecule has 0 spiro atoms. The van der Waals surface area contributed by atoms with Gasteiger partial charge in [0.1, 0.15) is 0 Å². The quantitative estimate of drug-likeness (QED) is 0.323. The van der Waals surface area contributed by atoms with Crippen molar-refractivity contribution < 1.29 is 23.7 Å². The third-order valence-corrected chi connectivity index (χ3v) is 5.23. The van der Waals surface area contributed by atoms with Crippen LogP contribution in [0.5, 0.6) is 17.2 Å². The number of aryl methyl sites for hydroxylation is 1. The summed E-state index contributed by atoms with van der Waals surface area (Å²) in [6.45, 7) is 5.69. The first-order valence-electron chi connectivity index (χ1n) is 10.9. The van der Waals surface area contributed by atoms with Crippen LogP contribution in [0.25, 0.3) is 0 Å². The third-order valence-electron chi connectivity index (χ3n) is 5.23. The molecule has 2 rings (SSSR count). The maximum Gasteiger partial charge on any atom is 0.338 e. The predicted molar refractivity (Wildman–Crippen MR) is 122 cm³/mol. The summed E-state index contributed by atoms with van der Waals surface area (Å²) in [4.78, 5) is 14.9. The second kappa shape index (κ2) is 13.5. The summed E-state index contributed by atoms with van der Waals surface area (Å²) in [5, 5.41) is 0. The van der Waals surface area contributed by atoms with Gasteiger partial charge in [-0.2, -0.15) is 0 Å². The fraction of sp³-hybridized carbons (Fsp3) is 0.480. The molecule has 6 nitrogen and oxygen atoms in total. The number of carbonyl (C=O) groups is 1. The zero-order valence-corrected chi connectivity index (χ0v) is 19.2. The van der Waals surface area contributed by atoms with Crippen molar-refractivity contribution in [1.29, 1.82) is 0 Å². The van der Waals surface area contributed by atoms with Crippen LogP contribution in [0.2, 0.25) is 0 Å². The van der Waals surface area contributed by atoms with E-state index >= 15 is 0 Å². The molecule has 2 aromatic carbocycles. The van der Waals surface area contributed by atoms with E-state index in [1.54, 1.807) is 12.1 Å². The molecule has 0 saturated carbocycles. The van der Waals surface area contributed by atoms with Crippen LogP contribution in [0.3, 0.4) is 0 Å². The molecule has 31 heavy (non-hydrogen) atoms. The minimum atomic E-state index is -0.394. The number of nitrogens with zero attached hydrogens (tertiary/aromatic N) is 1. The van der Waals surface area contributed by atoms with Gasteiger partial charge in [-0.15, -0.1) is 0 Å². The average molecular weight is 430 g/mol. The van der Waals surface area contributed by atoms with E-state index in [9.17, 15) is 4.79 Å². The average Bonchev–Trinajstić information content (AvgIpc) is 2.82. The number of hydrogen-bond acceptors (Lipinski definition) is 6. The van der Waals surface area contributed by atoms with Crippen LogP contribution in [-0.2, 0) is 11.2 Å². The zero-order valence-electron chi connectivity index (χ0n) is 19.2. The van der Waals surface area contributed by atoms with Gasteiger partial charge in [-0.1, -0.05) is 37.3 Å². The summed E-state index contributed by atoms with van der Waals surface area (Å²) >= 11 is 0. The third kappa shape index (κ3) is 7.79. The fourth-order valence-corrected chi connectivity index (χ4v) is 3.46. The van der Waals surface area contributed by atoms with Crippen LogP contribution < -0.4 is 14.2 Å². The van der Waals surface area contributed by atoms with E-state index in [-0.39, 0.29) is 0 Å². The Morgan fingerprint density at radius 1 is 0.871 bits per heavy atom. The Balaban J connectivity index is 1.72. The van der Waals surface area contributed by atoms with Crippen molar-refractivity contribution in [1.82, 2.24) is 4.90 Å². The van der Waals surface area contributed by atoms with Crippen molar-refractivity contribution in [3.63, 3.8) is 0 Å². The van der Waals surface area contributed by atoms with Crippen molar-refractivity contribution in [3.05, 3.63) is 53.6 Å². The molecule has 2 aromatic rings. The van der Waals surface area contributed by atoms with E-state index in [4.69, 9.17) is 18.9 Å². The molecule has 0 N–H and O–H groups in total. The maximum atomic E-state index is 12.4. The van der Waals surface area contributed by atoms with E-state index in [0.717, 1.165) is 45.3 Å². The Kier molecular flexibility index (Phi) is 10.7. The van der Waals surface area contributed by atoms with Gasteiger partial charge >= 0.3 is 5.97 Å². The molecule has 170 valence electrons. The number of ether oxygens (including phenoxy) is 4. The largest absolute Gasteiger partial charge is 0.493 e. The van der Waals surface area contributed by atoms with E-state index in [0.29, 0.717) is 29.4 Å². The number of methoxy groups -OCH3 is 3. The first-order chi connectivity index (χ1) is 15.1. The van der Waals surface area contributed by atoms with Gasteiger partial charge in [0.05, 0.1) is 33.5 Å². The topological polar surface area (TPSA) is 57.2 Å². The maximum absolute atomic E-state index is 12.4. The second-order valence-corrected chi connectivity index (χ2v) is 7.28. The lowest BCUT2D eigenvalue weighted by molar-refractivity contribution is 0.0494. The molecule has 0 aliphatic heterocycles. The Morgan fingerprint density at radius 3 is 2.10 bits per heavy atom. The molecule has 0 fully saturated rings. The van der Waals surface area contributed by atoms with Crippen molar-refractivity contribution in [2.45, 2.75) is 32.6 Å². The van der Waals surface area contributed by atoms with Crippen LogP contribution in [0, 0.1) is 0 Å². The van der Waals surface area contributed by atoms with E-state index in [2.05, 4.69) is 42.2 Å². The molecule has 0 aliphatic rings. The number of unbranched alkanes of at least 4 members (excludes halogenated alkanes) is 1. The molecular formula is C25H35NO5. The minimum absolute atomic E-state index is 0.380. The van der Waals surface area contributed by atoms with Gasteiger partial charge in [-0.25, -0.2) is 4.79 Å². The van der Waals surface area contributed by atoms with Crippen LogP contribution >= 0.6 is 0 Å². The Bertz CT molecular complexity index is 769. The first kappa shape index (κ1) is 24.5. The Labute approximate surface area is 186 Å². The van der Waals surface area contributed by atoms with Gasteiger partial charge in [0.15, 0.2) is 11.5 Å². The Morgan fingerprint density at radius 2 is 1.52 bits per heavy atom. The number of rotatable bonds is 14. The monoisotopic (exact) mass is 429 g/mol. The number of carbonyl (C=O) groups excluding carboxylic acids is 1. The van der Waals surface area contributed by atoms with Crippen molar-refractivity contribution in [2.24, 2.45) is 0 Å². The molecule has 0 saturated heterocycles. The molecule has 6 heteroatoms. The zero-order chi connectivity index (χ0) is 22.5. The van der Waals surface area contributed by atoms with Crippen LogP contribution in [0.1, 0.15) is 42.1 Å². The van der Waals surface area contributed by atoms with Crippen molar-refractivity contribution in [2.75, 3.05) is 47.6 Å². The molecule has 0 radical (unpaired) electrons. The van der Waals surface area contributed by atoms with E-state index < -0.39 is 5.97 Å². The standard InChI is InChI=1S/C25H35NO5/c1-5-26(16-11-14-20-12-7-6-8-13-20)15-9-10-17-31-25(27)21-18-22(28-2)24(30-4)23(19-21)29-3/h6-8,12-13,18-19H,5,9-11,14-17H2,1-4H3. The highest BCUT2D eigenvalue weighted by atomic mass is 16.5. The highest BCUT2D eigenvalue weighted by Crippen LogP contribution is 2.38. The van der Waals surface area contributed by atoms with Gasteiger partial charge in [-0.3, -0.25) is 0 Å². The van der Waals surface area contributed by atoms with Crippen molar-refractivity contribution in [3.8, 4) is 17.2 Å². The van der Waals surface area contributed by atoms with Gasteiger partial charge in [-0.05, 0) is 63.0 Å². The van der Waals surface area contributed by atoms with Crippen LogP contribution in [0.15, 0.2) is 42.5 Å². The predicted octanol–water partition coefficient (Wildman–Crippen LogP) is 4.60. The highest BCUT2D eigenvalue weighted by Gasteiger charge is 2.17. The minimum Gasteiger partial charge on any atom is -0.493 e. The molecule has 0 unspecified atom stereocenters. The lowest BCUT2D eigenvalue weighted by Crippen LogP contribution is -2.26. The molecular weight excluding hydrogens is 394 g/mol. The molecule has 0 heterocycles. The van der Waals surface area contributed by atoms with Crippen molar-refractivity contribution >= 4 is 5.97 Å². The SMILES string of the molecule is CCN(CCCCOC(=O)c1cc(OC)c(OC)c(OC)c1)CCCc1ccccc1. The highest BCUT2D eigenvalue weighted by molar-refractivity contribution is 5.91. The molecule has 0 amide bonds. The van der Waals surface area contributed by atoms with E-state index in [1.165, 1.54) is 26.9 Å². The lowest BCUT2D eigenvalue weighted by Gasteiger charge is -2.20. The first-order valence-corrected chi connectivity index (χ1v) is 10.9. The number of hydrogen-bond donors (Lipinski definition) is 0. The molecule has 0 bridgehead atoms. The number of benzene rings is 2. The van der Waals surface area contributed by atoms with Crippen LogP contribution in [0.4, 0.5) is 0 Å². The lowest BCUT2D eigenvalue weighted by atomic mass is 10.1. The smallest absolute Gasteiger partial charge is 0.338 e. The molecule has 0 aromatic heterocycles. The Hall–Kier alpha value is -2.73. The summed E-state index contributed by atoms with van der Waals surface area (Å²) in [5.74, 6) is 0.925. The summed E-state index contributed by atoms with van der Waals surface area (Å²) in [5.41, 5.74) is 1.77. The second-order valence-electron chi connectivity index (χ2n) is 7.28. The molecule has 0 aliphatic carbocycles. The summed E-state index contributed by atoms with van der Waals surface area (Å²) in [6, 6.07) is 13.8. The fourth-order valence-electron chi connectivity index (χ4n) is 3.46. The van der Waals surface area contributed by atoms with Crippen LogP contribution in [-0.4, -0.2) is 58.4 Å². The summed E-state index contributed by atoms with van der Waals surface area (Å²) < 4.78 is 21.3. The van der Waals surface area contributed by atoms with Gasteiger partial charge < -0.3 is 23.8 Å². The normalized spacial score (nSPS) is 10.7. The van der Waals surface area contributed by atoms with E-state index in [1.807, 2.05) is 0 Å². The molecule has 0 atom stereocenters.